The Hall–Kier alpha value is -0.490. The Balaban J connectivity index is 2.99. The molecule has 20 heavy (non-hydrogen) atoms. The number of hydrogen-bond donors (Lipinski definition) is 0. The molecule has 0 aromatic heterocycles. The van der Waals surface area contributed by atoms with Gasteiger partial charge in [0.25, 0.3) is 0 Å². The molecular weight excluding hydrogens is 265 g/mol. The molecule has 0 saturated carbocycles. The molecule has 0 fully saturated rings. The van der Waals surface area contributed by atoms with Crippen LogP contribution in [0.2, 0.25) is 0 Å². The lowest BCUT2D eigenvalue weighted by Crippen LogP contribution is -2.10. The van der Waals surface area contributed by atoms with Gasteiger partial charge in [-0.25, -0.2) is 0 Å². The molecule has 0 saturated heterocycles. The Morgan fingerprint density at radius 3 is 2.05 bits per heavy atom. The van der Waals surface area contributed by atoms with Gasteiger partial charge in [-0.15, -0.1) is 0 Å². The fourth-order valence-electron chi connectivity index (χ4n) is 2.46. The number of rotatable bonds is 8. The summed E-state index contributed by atoms with van der Waals surface area (Å²) in [5.41, 5.74) is 0. The molecule has 0 spiro atoms. The van der Waals surface area contributed by atoms with Gasteiger partial charge in [-0.3, -0.25) is 4.74 Å². The standard InChI is InChI=1S/C17H32NOP/c1-14(2)11-18-20(12-15(3)4,13-16(5)6)19-17-9-7-8-10-17/h7-9,14-16H,10-13H2,1-6H3. The van der Waals surface area contributed by atoms with E-state index in [1.165, 1.54) is 0 Å². The van der Waals surface area contributed by atoms with Crippen molar-refractivity contribution in [3.63, 3.8) is 0 Å². The highest BCUT2D eigenvalue weighted by Crippen LogP contribution is 2.56. The average molecular weight is 297 g/mol. The number of allylic oxidation sites excluding steroid dienone is 3. The highest BCUT2D eigenvalue weighted by atomic mass is 31.2. The summed E-state index contributed by atoms with van der Waals surface area (Å²) >= 11 is 0. The van der Waals surface area contributed by atoms with E-state index < -0.39 is 7.28 Å². The average Bonchev–Trinajstić information content (AvgIpc) is 2.77. The van der Waals surface area contributed by atoms with Crippen LogP contribution in [-0.2, 0) is 4.52 Å². The summed E-state index contributed by atoms with van der Waals surface area (Å²) in [7, 11) is -1.69. The van der Waals surface area contributed by atoms with E-state index in [1.807, 2.05) is 0 Å². The second-order valence-electron chi connectivity index (χ2n) is 7.07. The van der Waals surface area contributed by atoms with E-state index in [9.17, 15) is 0 Å². The van der Waals surface area contributed by atoms with E-state index in [0.29, 0.717) is 17.8 Å². The molecule has 0 atom stereocenters. The molecule has 1 rings (SSSR count). The molecule has 0 bridgehead atoms. The zero-order valence-corrected chi connectivity index (χ0v) is 15.0. The van der Waals surface area contributed by atoms with Crippen LogP contribution in [0, 0.1) is 17.8 Å². The number of nitrogens with zero attached hydrogens (tertiary/aromatic N) is 1. The largest absolute Gasteiger partial charge is 0.464 e. The second-order valence-corrected chi connectivity index (χ2v) is 9.96. The van der Waals surface area contributed by atoms with Crippen LogP contribution in [0.5, 0.6) is 0 Å². The van der Waals surface area contributed by atoms with E-state index >= 15 is 0 Å². The third-order valence-electron chi connectivity index (χ3n) is 3.03. The van der Waals surface area contributed by atoms with Crippen LogP contribution in [0.4, 0.5) is 0 Å². The second kappa shape index (κ2) is 8.08. The first-order valence-corrected chi connectivity index (χ1v) is 9.97. The SMILES string of the molecule is CC(C)CN=P(CC(C)C)(CC(C)C)OC1=CC=CC1. The molecule has 0 aromatic rings. The van der Waals surface area contributed by atoms with E-state index in [1.54, 1.807) is 0 Å². The Labute approximate surface area is 125 Å². The topological polar surface area (TPSA) is 21.6 Å². The lowest BCUT2D eigenvalue weighted by molar-refractivity contribution is 0.439. The third kappa shape index (κ3) is 6.31. The summed E-state index contributed by atoms with van der Waals surface area (Å²) in [6.45, 7) is 14.5. The predicted octanol–water partition coefficient (Wildman–Crippen LogP) is 5.93. The molecule has 1 aliphatic carbocycles. The summed E-state index contributed by atoms with van der Waals surface area (Å²) in [4.78, 5) is 0. The monoisotopic (exact) mass is 297 g/mol. The lowest BCUT2D eigenvalue weighted by Gasteiger charge is -2.30. The molecule has 116 valence electrons. The van der Waals surface area contributed by atoms with Crippen molar-refractivity contribution < 1.29 is 4.52 Å². The molecule has 0 heterocycles. The van der Waals surface area contributed by atoms with Gasteiger partial charge in [0.15, 0.2) is 0 Å². The maximum Gasteiger partial charge on any atom is 0.134 e. The lowest BCUT2D eigenvalue weighted by atomic mass is 10.2. The van der Waals surface area contributed by atoms with Gasteiger partial charge in [-0.1, -0.05) is 53.7 Å². The van der Waals surface area contributed by atoms with Crippen molar-refractivity contribution in [1.29, 1.82) is 0 Å². The summed E-state index contributed by atoms with van der Waals surface area (Å²) in [5, 5.41) is 0. The van der Waals surface area contributed by atoms with Gasteiger partial charge >= 0.3 is 0 Å². The Bertz CT molecular complexity index is 391. The van der Waals surface area contributed by atoms with Gasteiger partial charge in [0.1, 0.15) is 13.0 Å². The van der Waals surface area contributed by atoms with Crippen LogP contribution in [0.25, 0.3) is 0 Å². The maximum absolute atomic E-state index is 6.51. The fourth-order valence-corrected chi connectivity index (χ4v) is 6.53. The van der Waals surface area contributed by atoms with Crippen molar-refractivity contribution in [2.45, 2.75) is 48.0 Å². The van der Waals surface area contributed by atoms with E-state index in [2.05, 4.69) is 59.8 Å². The molecule has 0 amide bonds. The van der Waals surface area contributed by atoms with Gasteiger partial charge in [0.05, 0.1) is 0 Å². The fraction of sp³-hybridized carbons (Fsp3) is 0.765. The third-order valence-corrected chi connectivity index (χ3v) is 6.88. The van der Waals surface area contributed by atoms with Crippen molar-refractivity contribution in [2.24, 2.45) is 22.5 Å². The minimum atomic E-state index is -1.69. The van der Waals surface area contributed by atoms with E-state index in [4.69, 9.17) is 9.27 Å². The molecule has 2 nitrogen and oxygen atoms in total. The van der Waals surface area contributed by atoms with Crippen molar-refractivity contribution in [2.75, 3.05) is 18.9 Å². The van der Waals surface area contributed by atoms with Gasteiger partial charge in [-0.2, -0.15) is 0 Å². The zero-order valence-electron chi connectivity index (χ0n) is 14.1. The van der Waals surface area contributed by atoms with Crippen LogP contribution < -0.4 is 0 Å². The van der Waals surface area contributed by atoms with Crippen LogP contribution in [0.3, 0.4) is 0 Å². The molecular formula is C17H32NOP. The van der Waals surface area contributed by atoms with Crippen LogP contribution in [0.1, 0.15) is 48.0 Å². The normalized spacial score (nSPS) is 15.3. The molecule has 0 radical (unpaired) electrons. The van der Waals surface area contributed by atoms with Crippen molar-refractivity contribution in [3.8, 4) is 0 Å². The minimum absolute atomic E-state index is 0.605. The molecule has 0 unspecified atom stereocenters. The number of hydrogen-bond acceptors (Lipinski definition) is 2. The van der Waals surface area contributed by atoms with Crippen molar-refractivity contribution in [3.05, 3.63) is 24.0 Å². The predicted molar refractivity (Wildman–Crippen MR) is 91.4 cm³/mol. The summed E-state index contributed by atoms with van der Waals surface area (Å²) in [5.74, 6) is 2.99. The minimum Gasteiger partial charge on any atom is -0.464 e. The zero-order chi connectivity index (χ0) is 15.2. The van der Waals surface area contributed by atoms with Crippen LogP contribution in [-0.4, -0.2) is 18.9 Å². The van der Waals surface area contributed by atoms with E-state index in [0.717, 1.165) is 31.0 Å². The molecule has 0 N–H and O–H groups in total. The highest BCUT2D eigenvalue weighted by Gasteiger charge is 2.26. The van der Waals surface area contributed by atoms with Crippen molar-refractivity contribution in [1.82, 2.24) is 0 Å². The molecule has 3 heteroatoms. The summed E-state index contributed by atoms with van der Waals surface area (Å²) < 4.78 is 11.6. The Morgan fingerprint density at radius 1 is 1.05 bits per heavy atom. The first-order valence-electron chi connectivity index (χ1n) is 7.94. The van der Waals surface area contributed by atoms with Crippen LogP contribution in [0.15, 0.2) is 28.7 Å². The molecule has 0 aliphatic heterocycles. The molecule has 1 aliphatic rings. The first kappa shape index (κ1) is 17.6. The van der Waals surface area contributed by atoms with Gasteiger partial charge in [-0.05, 0) is 23.8 Å². The van der Waals surface area contributed by atoms with Gasteiger partial charge in [0, 0.05) is 25.3 Å². The van der Waals surface area contributed by atoms with Gasteiger partial charge < -0.3 is 4.52 Å². The highest BCUT2D eigenvalue weighted by molar-refractivity contribution is 7.61. The summed E-state index contributed by atoms with van der Waals surface area (Å²) in [6.07, 6.45) is 9.52. The quantitative estimate of drug-likeness (QED) is 0.509. The van der Waals surface area contributed by atoms with Gasteiger partial charge in [0.2, 0.25) is 0 Å². The molecule has 0 aromatic carbocycles. The van der Waals surface area contributed by atoms with Crippen molar-refractivity contribution >= 4 is 7.28 Å². The Kier molecular flexibility index (Phi) is 7.09. The summed E-state index contributed by atoms with van der Waals surface area (Å²) in [6, 6.07) is 0. The first-order chi connectivity index (χ1) is 9.33. The van der Waals surface area contributed by atoms with Crippen LogP contribution >= 0.6 is 7.28 Å². The smallest absolute Gasteiger partial charge is 0.134 e. The van der Waals surface area contributed by atoms with E-state index in [-0.39, 0.29) is 0 Å². The Morgan fingerprint density at radius 2 is 1.65 bits per heavy atom. The maximum atomic E-state index is 6.51.